The zero-order chi connectivity index (χ0) is 16.5. The van der Waals surface area contributed by atoms with Crippen molar-refractivity contribution in [3.8, 4) is 27.4 Å². The van der Waals surface area contributed by atoms with Crippen LogP contribution in [0.3, 0.4) is 0 Å². The van der Waals surface area contributed by atoms with Gasteiger partial charge in [-0.3, -0.25) is 0 Å². The molecule has 0 saturated carbocycles. The van der Waals surface area contributed by atoms with Crippen molar-refractivity contribution in [3.63, 3.8) is 0 Å². The van der Waals surface area contributed by atoms with Gasteiger partial charge >= 0.3 is 0 Å². The quantitative estimate of drug-likeness (QED) is 0.335. The molecule has 0 amide bonds. The SMILES string of the molecule is Fc1ccc(-c2ccc(OI)c(-c3nc4ccccc4s3)c2)cc1. The average Bonchev–Trinajstić information content (AvgIpc) is 3.06. The maximum Gasteiger partial charge on any atom is 0.192 e. The average molecular weight is 447 g/mol. The summed E-state index contributed by atoms with van der Waals surface area (Å²) in [5.74, 6) is 0.526. The van der Waals surface area contributed by atoms with Gasteiger partial charge in [0.25, 0.3) is 0 Å². The van der Waals surface area contributed by atoms with E-state index in [-0.39, 0.29) is 5.82 Å². The van der Waals surface area contributed by atoms with Gasteiger partial charge in [0.1, 0.15) is 16.6 Å². The molecule has 0 aliphatic heterocycles. The Balaban J connectivity index is 1.86. The third-order valence-corrected chi connectivity index (χ3v) is 5.31. The molecule has 24 heavy (non-hydrogen) atoms. The highest BCUT2D eigenvalue weighted by Crippen LogP contribution is 2.39. The van der Waals surface area contributed by atoms with Crippen LogP contribution < -0.4 is 3.07 Å². The van der Waals surface area contributed by atoms with E-state index in [0.29, 0.717) is 0 Å². The fourth-order valence-corrected chi connectivity index (χ4v) is 3.94. The summed E-state index contributed by atoms with van der Waals surface area (Å²) in [5.41, 5.74) is 3.87. The Morgan fingerprint density at radius 3 is 2.42 bits per heavy atom. The number of benzene rings is 3. The highest BCUT2D eigenvalue weighted by Gasteiger charge is 2.13. The van der Waals surface area contributed by atoms with Crippen LogP contribution >= 0.6 is 34.3 Å². The van der Waals surface area contributed by atoms with Crippen molar-refractivity contribution < 1.29 is 7.46 Å². The van der Waals surface area contributed by atoms with Gasteiger partial charge in [0.05, 0.1) is 15.8 Å². The predicted octanol–water partition coefficient (Wildman–Crippen LogP) is 6.50. The van der Waals surface area contributed by atoms with Crippen molar-refractivity contribution in [1.82, 2.24) is 4.98 Å². The number of thiazole rings is 1. The summed E-state index contributed by atoms with van der Waals surface area (Å²) in [7, 11) is 0. The first-order valence-corrected chi connectivity index (χ1v) is 8.99. The smallest absolute Gasteiger partial charge is 0.192 e. The van der Waals surface area contributed by atoms with Gasteiger partial charge in [0, 0.05) is 0 Å². The summed E-state index contributed by atoms with van der Waals surface area (Å²) in [6.07, 6.45) is 0. The summed E-state index contributed by atoms with van der Waals surface area (Å²) >= 11 is 3.51. The first-order chi connectivity index (χ1) is 11.7. The number of aromatic nitrogens is 1. The van der Waals surface area contributed by atoms with Gasteiger partial charge in [-0.15, -0.1) is 11.3 Å². The van der Waals surface area contributed by atoms with E-state index < -0.39 is 0 Å². The van der Waals surface area contributed by atoms with Crippen LogP contribution in [0.1, 0.15) is 0 Å². The molecule has 118 valence electrons. The monoisotopic (exact) mass is 447 g/mol. The fourth-order valence-electron chi connectivity index (χ4n) is 2.57. The van der Waals surface area contributed by atoms with Gasteiger partial charge in [0.2, 0.25) is 0 Å². The van der Waals surface area contributed by atoms with Crippen molar-refractivity contribution in [2.75, 3.05) is 0 Å². The lowest BCUT2D eigenvalue weighted by atomic mass is 10.0. The van der Waals surface area contributed by atoms with Crippen LogP contribution in [0.2, 0.25) is 0 Å². The minimum Gasteiger partial charge on any atom is -0.427 e. The number of rotatable bonds is 3. The minimum atomic E-state index is -0.239. The van der Waals surface area contributed by atoms with E-state index in [4.69, 9.17) is 8.05 Å². The normalized spacial score (nSPS) is 10.9. The van der Waals surface area contributed by atoms with Crippen molar-refractivity contribution in [3.05, 3.63) is 72.5 Å². The van der Waals surface area contributed by atoms with Crippen LogP contribution in [-0.4, -0.2) is 4.98 Å². The molecule has 0 aliphatic carbocycles. The van der Waals surface area contributed by atoms with Crippen LogP contribution in [-0.2, 0) is 0 Å². The van der Waals surface area contributed by atoms with Crippen molar-refractivity contribution in [2.45, 2.75) is 0 Å². The molecule has 1 aromatic heterocycles. The molecule has 4 aromatic rings. The molecular weight excluding hydrogens is 436 g/mol. The van der Waals surface area contributed by atoms with Crippen LogP contribution in [0, 0.1) is 5.82 Å². The predicted molar refractivity (Wildman–Crippen MR) is 105 cm³/mol. The number of nitrogens with zero attached hydrogens (tertiary/aromatic N) is 1. The molecule has 1 heterocycles. The molecule has 3 aromatic carbocycles. The second-order valence-electron chi connectivity index (χ2n) is 5.28. The standard InChI is InChI=1S/C19H11FINOS/c20-14-8-5-12(6-9-14)13-7-10-17(23-21)15(11-13)19-22-16-3-1-2-4-18(16)24-19/h1-11H. The summed E-state index contributed by atoms with van der Waals surface area (Å²) in [4.78, 5) is 4.72. The Bertz CT molecular complexity index is 980. The van der Waals surface area contributed by atoms with E-state index in [1.807, 2.05) is 59.4 Å². The van der Waals surface area contributed by atoms with E-state index in [1.165, 1.54) is 12.1 Å². The summed E-state index contributed by atoms with van der Waals surface area (Å²) in [6, 6.07) is 20.5. The third-order valence-electron chi connectivity index (χ3n) is 3.76. The van der Waals surface area contributed by atoms with Crippen LogP contribution in [0.4, 0.5) is 4.39 Å². The Morgan fingerprint density at radius 2 is 1.67 bits per heavy atom. The Kier molecular flexibility index (Phi) is 4.20. The highest BCUT2D eigenvalue weighted by molar-refractivity contribution is 14.1. The van der Waals surface area contributed by atoms with Crippen molar-refractivity contribution >= 4 is 44.6 Å². The largest absolute Gasteiger partial charge is 0.427 e. The second kappa shape index (κ2) is 6.49. The van der Waals surface area contributed by atoms with E-state index in [1.54, 1.807) is 23.5 Å². The van der Waals surface area contributed by atoms with Crippen molar-refractivity contribution in [1.29, 1.82) is 0 Å². The van der Waals surface area contributed by atoms with E-state index in [0.717, 1.165) is 37.7 Å². The van der Waals surface area contributed by atoms with Gasteiger partial charge in [-0.25, -0.2) is 9.37 Å². The molecule has 0 unspecified atom stereocenters. The molecule has 0 N–H and O–H groups in total. The number of halogens is 2. The molecule has 0 spiro atoms. The second-order valence-corrected chi connectivity index (χ2v) is 6.75. The number of hydrogen-bond donors (Lipinski definition) is 0. The first kappa shape index (κ1) is 15.5. The number of para-hydroxylation sites is 1. The molecule has 0 aliphatic rings. The molecule has 0 fully saturated rings. The molecule has 4 rings (SSSR count). The molecule has 0 atom stereocenters. The van der Waals surface area contributed by atoms with Gasteiger partial charge < -0.3 is 3.07 Å². The van der Waals surface area contributed by atoms with Crippen LogP contribution in [0.5, 0.6) is 5.75 Å². The van der Waals surface area contributed by atoms with Gasteiger partial charge in [-0.05, 0) is 47.5 Å². The lowest BCUT2D eigenvalue weighted by molar-refractivity contribution is 0.628. The summed E-state index contributed by atoms with van der Waals surface area (Å²) in [5, 5.41) is 0.909. The molecule has 0 bridgehead atoms. The Hall–Kier alpha value is -1.99. The lowest BCUT2D eigenvalue weighted by Crippen LogP contribution is -1.86. The molecule has 0 radical (unpaired) electrons. The lowest BCUT2D eigenvalue weighted by Gasteiger charge is -2.08. The first-order valence-electron chi connectivity index (χ1n) is 7.29. The zero-order valence-electron chi connectivity index (χ0n) is 12.4. The number of fused-ring (bicyclic) bond motifs is 1. The Labute approximate surface area is 156 Å². The molecule has 5 heteroatoms. The van der Waals surface area contributed by atoms with Crippen molar-refractivity contribution in [2.24, 2.45) is 0 Å². The fraction of sp³-hybridized carbons (Fsp3) is 0. The van der Waals surface area contributed by atoms with E-state index in [9.17, 15) is 4.39 Å². The minimum absolute atomic E-state index is 0.239. The number of hydrogen-bond acceptors (Lipinski definition) is 3. The summed E-state index contributed by atoms with van der Waals surface area (Å²) in [6.45, 7) is 0. The van der Waals surface area contributed by atoms with Gasteiger partial charge in [0.15, 0.2) is 23.0 Å². The Morgan fingerprint density at radius 1 is 0.917 bits per heavy atom. The third kappa shape index (κ3) is 2.89. The van der Waals surface area contributed by atoms with Gasteiger partial charge in [-0.2, -0.15) is 0 Å². The zero-order valence-corrected chi connectivity index (χ0v) is 15.3. The maximum atomic E-state index is 13.2. The van der Waals surface area contributed by atoms with E-state index in [2.05, 4.69) is 6.07 Å². The topological polar surface area (TPSA) is 22.1 Å². The highest BCUT2D eigenvalue weighted by atomic mass is 127. The molecular formula is C19H11FINOS. The van der Waals surface area contributed by atoms with Crippen LogP contribution in [0.15, 0.2) is 66.7 Å². The molecule has 2 nitrogen and oxygen atoms in total. The van der Waals surface area contributed by atoms with Gasteiger partial charge in [-0.1, -0.05) is 30.3 Å². The van der Waals surface area contributed by atoms with Crippen LogP contribution in [0.25, 0.3) is 31.9 Å². The molecule has 0 saturated heterocycles. The summed E-state index contributed by atoms with van der Waals surface area (Å²) < 4.78 is 19.8. The van der Waals surface area contributed by atoms with E-state index >= 15 is 0 Å². The maximum absolute atomic E-state index is 13.2.